The van der Waals surface area contributed by atoms with Crippen molar-refractivity contribution in [1.29, 1.82) is 0 Å². The van der Waals surface area contributed by atoms with Crippen LogP contribution in [0.3, 0.4) is 0 Å². The Labute approximate surface area is 135 Å². The highest BCUT2D eigenvalue weighted by atomic mass is 14.1. The lowest BCUT2D eigenvalue weighted by Crippen LogP contribution is -1.93. The number of rotatable bonds is 3. The SMILES string of the molecule is CC.CCc1cccc2c(CC)c3cccc(CC)c3cc12. The fourth-order valence-electron chi connectivity index (χ4n) is 3.38. The number of aryl methyl sites for hydroxylation is 3. The first kappa shape index (κ1) is 16.5. The average Bonchev–Trinajstić information content (AvgIpc) is 2.60. The molecule has 3 aromatic carbocycles. The molecule has 3 aromatic rings. The molecular formula is C22H28. The molecule has 0 spiro atoms. The van der Waals surface area contributed by atoms with E-state index < -0.39 is 0 Å². The van der Waals surface area contributed by atoms with E-state index in [2.05, 4.69) is 63.2 Å². The molecule has 0 fully saturated rings. The summed E-state index contributed by atoms with van der Waals surface area (Å²) in [6.07, 6.45) is 3.29. The Kier molecular flexibility index (Phi) is 5.60. The average molecular weight is 292 g/mol. The summed E-state index contributed by atoms with van der Waals surface area (Å²) in [5.41, 5.74) is 4.43. The molecule has 0 amide bonds. The fourth-order valence-corrected chi connectivity index (χ4v) is 3.38. The Morgan fingerprint density at radius 2 is 1.05 bits per heavy atom. The zero-order valence-electron chi connectivity index (χ0n) is 14.7. The van der Waals surface area contributed by atoms with Gasteiger partial charge in [-0.25, -0.2) is 0 Å². The molecule has 0 radical (unpaired) electrons. The molecule has 0 bridgehead atoms. The van der Waals surface area contributed by atoms with Crippen LogP contribution in [0.25, 0.3) is 21.5 Å². The summed E-state index contributed by atoms with van der Waals surface area (Å²) in [4.78, 5) is 0. The molecule has 0 aliphatic heterocycles. The topological polar surface area (TPSA) is 0 Å². The van der Waals surface area contributed by atoms with Crippen molar-refractivity contribution in [1.82, 2.24) is 0 Å². The third-order valence-electron chi connectivity index (χ3n) is 4.45. The minimum absolute atomic E-state index is 1.09. The van der Waals surface area contributed by atoms with Crippen molar-refractivity contribution < 1.29 is 0 Å². The number of fused-ring (bicyclic) bond motifs is 2. The number of hydrogen-bond acceptors (Lipinski definition) is 0. The molecule has 0 unspecified atom stereocenters. The smallest absolute Gasteiger partial charge is 0.0143 e. The molecule has 0 atom stereocenters. The quantitative estimate of drug-likeness (QED) is 0.471. The van der Waals surface area contributed by atoms with Gasteiger partial charge in [-0.05, 0) is 63.6 Å². The van der Waals surface area contributed by atoms with Crippen LogP contribution in [-0.4, -0.2) is 0 Å². The van der Waals surface area contributed by atoms with Crippen molar-refractivity contribution in [3.8, 4) is 0 Å². The van der Waals surface area contributed by atoms with Gasteiger partial charge >= 0.3 is 0 Å². The van der Waals surface area contributed by atoms with Crippen LogP contribution in [0.2, 0.25) is 0 Å². The molecule has 0 N–H and O–H groups in total. The molecule has 0 aromatic heterocycles. The lowest BCUT2D eigenvalue weighted by Gasteiger charge is -2.14. The van der Waals surface area contributed by atoms with Crippen molar-refractivity contribution in [3.63, 3.8) is 0 Å². The van der Waals surface area contributed by atoms with Crippen LogP contribution >= 0.6 is 0 Å². The van der Waals surface area contributed by atoms with E-state index >= 15 is 0 Å². The molecule has 0 aliphatic carbocycles. The first-order chi connectivity index (χ1) is 10.8. The van der Waals surface area contributed by atoms with Crippen LogP contribution in [0.15, 0.2) is 42.5 Å². The fraction of sp³-hybridized carbons (Fsp3) is 0.364. The summed E-state index contributed by atoms with van der Waals surface area (Å²) in [5, 5.41) is 5.76. The van der Waals surface area contributed by atoms with Crippen LogP contribution in [-0.2, 0) is 19.3 Å². The molecule has 0 nitrogen and oxygen atoms in total. The zero-order chi connectivity index (χ0) is 16.1. The second kappa shape index (κ2) is 7.45. The van der Waals surface area contributed by atoms with Gasteiger partial charge in [-0.2, -0.15) is 0 Å². The summed E-state index contributed by atoms with van der Waals surface area (Å²) in [6, 6.07) is 15.9. The summed E-state index contributed by atoms with van der Waals surface area (Å²) in [6.45, 7) is 10.8. The lowest BCUT2D eigenvalue weighted by molar-refractivity contribution is 1.14. The lowest BCUT2D eigenvalue weighted by atomic mass is 9.90. The van der Waals surface area contributed by atoms with Gasteiger partial charge < -0.3 is 0 Å². The Balaban J connectivity index is 0.000000847. The molecule has 3 rings (SSSR count). The maximum atomic E-state index is 2.42. The summed E-state index contributed by atoms with van der Waals surface area (Å²) in [7, 11) is 0. The van der Waals surface area contributed by atoms with Gasteiger partial charge in [0.1, 0.15) is 0 Å². The maximum Gasteiger partial charge on any atom is -0.0143 e. The van der Waals surface area contributed by atoms with Gasteiger partial charge in [-0.3, -0.25) is 0 Å². The molecule has 0 heterocycles. The van der Waals surface area contributed by atoms with Crippen molar-refractivity contribution in [2.75, 3.05) is 0 Å². The van der Waals surface area contributed by atoms with E-state index in [0.29, 0.717) is 0 Å². The van der Waals surface area contributed by atoms with Crippen LogP contribution in [0.5, 0.6) is 0 Å². The van der Waals surface area contributed by atoms with Gasteiger partial charge in [-0.15, -0.1) is 0 Å². The van der Waals surface area contributed by atoms with Crippen LogP contribution in [0.4, 0.5) is 0 Å². The highest BCUT2D eigenvalue weighted by molar-refractivity contribution is 6.04. The predicted molar refractivity (Wildman–Crippen MR) is 101 cm³/mol. The molecule has 0 saturated heterocycles. The minimum Gasteiger partial charge on any atom is -0.0683 e. The highest BCUT2D eigenvalue weighted by Crippen LogP contribution is 2.33. The molecular weight excluding hydrogens is 264 g/mol. The predicted octanol–water partition coefficient (Wildman–Crippen LogP) is 6.71. The van der Waals surface area contributed by atoms with E-state index in [4.69, 9.17) is 0 Å². The Morgan fingerprint density at radius 3 is 1.41 bits per heavy atom. The Hall–Kier alpha value is -1.82. The van der Waals surface area contributed by atoms with Crippen molar-refractivity contribution in [2.24, 2.45) is 0 Å². The zero-order valence-corrected chi connectivity index (χ0v) is 14.7. The standard InChI is InChI=1S/C20H22.C2H6/c1-4-14-9-7-11-17-16(6-3)18-12-8-10-15(5-2)20(18)13-19(14)17;1-2/h7-13H,4-6H2,1-3H3;1-2H3. The Morgan fingerprint density at radius 1 is 0.591 bits per heavy atom. The van der Waals surface area contributed by atoms with E-state index in [1.165, 1.54) is 38.2 Å². The van der Waals surface area contributed by atoms with E-state index in [9.17, 15) is 0 Å². The summed E-state index contributed by atoms with van der Waals surface area (Å²) in [5.74, 6) is 0. The maximum absolute atomic E-state index is 2.42. The van der Waals surface area contributed by atoms with Gasteiger partial charge in [0.2, 0.25) is 0 Å². The number of benzene rings is 3. The Bertz CT molecular complexity index is 704. The number of hydrogen-bond donors (Lipinski definition) is 0. The minimum atomic E-state index is 1.09. The highest BCUT2D eigenvalue weighted by Gasteiger charge is 2.10. The van der Waals surface area contributed by atoms with Gasteiger partial charge in [0.15, 0.2) is 0 Å². The first-order valence-electron chi connectivity index (χ1n) is 8.75. The van der Waals surface area contributed by atoms with Gasteiger partial charge in [-0.1, -0.05) is 71.0 Å². The van der Waals surface area contributed by atoms with E-state index in [0.717, 1.165) is 19.3 Å². The normalized spacial score (nSPS) is 10.6. The monoisotopic (exact) mass is 292 g/mol. The third-order valence-corrected chi connectivity index (χ3v) is 4.45. The van der Waals surface area contributed by atoms with Crippen LogP contribution < -0.4 is 0 Å². The van der Waals surface area contributed by atoms with E-state index in [1.807, 2.05) is 13.8 Å². The van der Waals surface area contributed by atoms with E-state index in [-0.39, 0.29) is 0 Å². The van der Waals surface area contributed by atoms with Gasteiger partial charge in [0.05, 0.1) is 0 Å². The van der Waals surface area contributed by atoms with Gasteiger partial charge in [0.25, 0.3) is 0 Å². The summed E-state index contributed by atoms with van der Waals surface area (Å²) >= 11 is 0. The molecule has 116 valence electrons. The largest absolute Gasteiger partial charge is 0.0683 e. The van der Waals surface area contributed by atoms with Gasteiger partial charge in [0, 0.05) is 0 Å². The molecule has 22 heavy (non-hydrogen) atoms. The van der Waals surface area contributed by atoms with Crippen molar-refractivity contribution in [3.05, 3.63) is 59.2 Å². The van der Waals surface area contributed by atoms with Crippen LogP contribution in [0, 0.1) is 0 Å². The van der Waals surface area contributed by atoms with Crippen molar-refractivity contribution in [2.45, 2.75) is 53.9 Å². The molecule has 0 heteroatoms. The first-order valence-corrected chi connectivity index (χ1v) is 8.75. The second-order valence-electron chi connectivity index (χ2n) is 5.44. The summed E-state index contributed by atoms with van der Waals surface area (Å²) < 4.78 is 0. The third kappa shape index (κ3) is 2.75. The molecule has 0 aliphatic rings. The second-order valence-corrected chi connectivity index (χ2v) is 5.44. The van der Waals surface area contributed by atoms with Crippen molar-refractivity contribution >= 4 is 21.5 Å². The van der Waals surface area contributed by atoms with E-state index in [1.54, 1.807) is 0 Å². The van der Waals surface area contributed by atoms with Crippen LogP contribution in [0.1, 0.15) is 51.3 Å². The molecule has 0 saturated carbocycles.